The second-order valence-corrected chi connectivity index (χ2v) is 8.91. The fraction of sp³-hybridized carbons (Fsp3) is 0.321. The number of carbonyl (C=O) groups is 1. The molecule has 6 heteroatoms. The minimum atomic E-state index is -0.303. The summed E-state index contributed by atoms with van der Waals surface area (Å²) in [7, 11) is 3.52. The van der Waals surface area contributed by atoms with Gasteiger partial charge in [-0.3, -0.25) is 4.79 Å². The Morgan fingerprint density at radius 1 is 1.09 bits per heavy atom. The van der Waals surface area contributed by atoms with Gasteiger partial charge in [0.1, 0.15) is 30.3 Å². The molecule has 1 N–H and O–H groups in total. The minimum absolute atomic E-state index is 0.0377. The van der Waals surface area contributed by atoms with Gasteiger partial charge in [0.15, 0.2) is 0 Å². The van der Waals surface area contributed by atoms with Crippen LogP contribution < -0.4 is 19.7 Å². The highest BCUT2D eigenvalue weighted by Gasteiger charge is 2.29. The quantitative estimate of drug-likeness (QED) is 0.572. The summed E-state index contributed by atoms with van der Waals surface area (Å²) in [5.74, 6) is 1.51. The van der Waals surface area contributed by atoms with Crippen molar-refractivity contribution < 1.29 is 19.0 Å². The van der Waals surface area contributed by atoms with Crippen molar-refractivity contribution >= 4 is 11.7 Å². The third kappa shape index (κ3) is 4.73. The van der Waals surface area contributed by atoms with Crippen LogP contribution in [0.5, 0.6) is 11.5 Å². The molecule has 0 radical (unpaired) electrons. The molecule has 3 aromatic carbocycles. The van der Waals surface area contributed by atoms with Crippen molar-refractivity contribution in [3.63, 3.8) is 0 Å². The van der Waals surface area contributed by atoms with Crippen LogP contribution in [-0.2, 0) is 29.1 Å². The number of carbonyl (C=O) groups excluding carboxylic acids is 1. The Hall–Kier alpha value is -3.51. The first-order valence-corrected chi connectivity index (χ1v) is 11.7. The Bertz CT molecular complexity index is 1150. The number of hydrogen-bond acceptors (Lipinski definition) is 6. The maximum Gasteiger partial charge on any atom is 0.323 e. The largest absolute Gasteiger partial charge is 0.489 e. The summed E-state index contributed by atoms with van der Waals surface area (Å²) >= 11 is 0. The van der Waals surface area contributed by atoms with Crippen molar-refractivity contribution in [1.29, 1.82) is 0 Å². The Kier molecular flexibility index (Phi) is 6.41. The van der Waals surface area contributed by atoms with Gasteiger partial charge in [-0.15, -0.1) is 0 Å². The SMILES string of the molecule is COC(=O)[C@@H]1Cc2cc3c(cc2CN1)O[C@@H](c1ccc(OCc2ccccc2)cc1)CCN3C. The Labute approximate surface area is 200 Å². The van der Waals surface area contributed by atoms with Crippen LogP contribution in [0, 0.1) is 0 Å². The fourth-order valence-electron chi connectivity index (χ4n) is 4.63. The molecule has 0 saturated carbocycles. The average Bonchev–Trinajstić information content (AvgIpc) is 3.04. The van der Waals surface area contributed by atoms with Gasteiger partial charge in [-0.05, 0) is 52.9 Å². The van der Waals surface area contributed by atoms with Gasteiger partial charge >= 0.3 is 5.97 Å². The Morgan fingerprint density at radius 3 is 2.65 bits per heavy atom. The molecule has 2 aliphatic heterocycles. The van der Waals surface area contributed by atoms with E-state index in [2.05, 4.69) is 53.7 Å². The number of rotatable bonds is 5. The Balaban J connectivity index is 1.31. The molecule has 6 nitrogen and oxygen atoms in total. The van der Waals surface area contributed by atoms with Crippen molar-refractivity contribution in [3.05, 3.63) is 89.0 Å². The van der Waals surface area contributed by atoms with Crippen LogP contribution in [0.1, 0.15) is 34.8 Å². The van der Waals surface area contributed by atoms with Gasteiger partial charge in [-0.25, -0.2) is 0 Å². The number of methoxy groups -OCH3 is 1. The molecule has 0 aromatic heterocycles. The van der Waals surface area contributed by atoms with Crippen molar-refractivity contribution in [1.82, 2.24) is 5.32 Å². The zero-order valence-corrected chi connectivity index (χ0v) is 19.6. The first-order valence-electron chi connectivity index (χ1n) is 11.7. The molecule has 0 saturated heterocycles. The van der Waals surface area contributed by atoms with E-state index >= 15 is 0 Å². The van der Waals surface area contributed by atoms with Crippen LogP contribution in [0.25, 0.3) is 0 Å². The highest BCUT2D eigenvalue weighted by molar-refractivity contribution is 5.77. The zero-order chi connectivity index (χ0) is 23.5. The molecule has 2 aliphatic rings. The molecule has 0 fully saturated rings. The summed E-state index contributed by atoms with van der Waals surface area (Å²) < 4.78 is 17.4. The molecule has 2 heterocycles. The van der Waals surface area contributed by atoms with Crippen LogP contribution in [0.2, 0.25) is 0 Å². The number of nitrogens with one attached hydrogen (secondary N) is 1. The lowest BCUT2D eigenvalue weighted by Gasteiger charge is -2.27. The van der Waals surface area contributed by atoms with Crippen LogP contribution in [-0.4, -0.2) is 32.7 Å². The molecule has 176 valence electrons. The molecule has 5 rings (SSSR count). The fourth-order valence-corrected chi connectivity index (χ4v) is 4.63. The molecule has 3 aromatic rings. The third-order valence-corrected chi connectivity index (χ3v) is 6.64. The average molecular weight is 459 g/mol. The summed E-state index contributed by atoms with van der Waals surface area (Å²) in [6, 6.07) is 22.4. The highest BCUT2D eigenvalue weighted by Crippen LogP contribution is 2.39. The molecule has 0 amide bonds. The number of ether oxygens (including phenoxy) is 3. The van der Waals surface area contributed by atoms with Gasteiger partial charge in [0.05, 0.1) is 12.8 Å². The smallest absolute Gasteiger partial charge is 0.323 e. The van der Waals surface area contributed by atoms with Crippen LogP contribution in [0.15, 0.2) is 66.7 Å². The second kappa shape index (κ2) is 9.77. The van der Waals surface area contributed by atoms with E-state index in [1.807, 2.05) is 30.3 Å². The molecular weight excluding hydrogens is 428 g/mol. The van der Waals surface area contributed by atoms with Crippen molar-refractivity contribution in [2.45, 2.75) is 38.1 Å². The highest BCUT2D eigenvalue weighted by atomic mass is 16.5. The molecular formula is C28H30N2O4. The van der Waals surface area contributed by atoms with Crippen LogP contribution >= 0.6 is 0 Å². The Morgan fingerprint density at radius 2 is 1.88 bits per heavy atom. The summed E-state index contributed by atoms with van der Waals surface area (Å²) in [5, 5.41) is 3.27. The molecule has 0 unspecified atom stereocenters. The van der Waals surface area contributed by atoms with Crippen molar-refractivity contribution in [2.75, 3.05) is 25.6 Å². The number of esters is 1. The van der Waals surface area contributed by atoms with Gasteiger partial charge in [0.25, 0.3) is 0 Å². The number of fused-ring (bicyclic) bond motifs is 2. The molecule has 2 atom stereocenters. The van der Waals surface area contributed by atoms with E-state index in [0.717, 1.165) is 46.8 Å². The molecule has 34 heavy (non-hydrogen) atoms. The maximum atomic E-state index is 12.0. The maximum absolute atomic E-state index is 12.0. The van der Waals surface area contributed by atoms with E-state index in [0.29, 0.717) is 19.6 Å². The summed E-state index contributed by atoms with van der Waals surface area (Å²) in [4.78, 5) is 14.2. The van der Waals surface area contributed by atoms with Crippen LogP contribution in [0.3, 0.4) is 0 Å². The second-order valence-electron chi connectivity index (χ2n) is 8.91. The number of hydrogen-bond donors (Lipinski definition) is 1. The van der Waals surface area contributed by atoms with E-state index in [4.69, 9.17) is 14.2 Å². The van der Waals surface area contributed by atoms with Gasteiger partial charge < -0.3 is 24.4 Å². The standard InChI is InChI=1S/C28H30N2O4/c1-30-13-12-26(20-8-10-23(11-9-20)33-18-19-6-4-3-5-7-19)34-27-16-22-17-29-24(28(31)32-2)14-21(22)15-25(27)30/h3-11,15-16,24,26,29H,12-14,17-18H2,1-2H3/t24-,26+/m0/s1. The third-order valence-electron chi connectivity index (χ3n) is 6.64. The van der Waals surface area contributed by atoms with E-state index in [1.165, 1.54) is 12.7 Å². The first-order chi connectivity index (χ1) is 16.6. The monoisotopic (exact) mass is 458 g/mol. The summed E-state index contributed by atoms with van der Waals surface area (Å²) in [5.41, 5.74) is 5.68. The minimum Gasteiger partial charge on any atom is -0.489 e. The number of nitrogens with zero attached hydrogens (tertiary/aromatic N) is 1. The normalized spacial score (nSPS) is 19.3. The zero-order valence-electron chi connectivity index (χ0n) is 19.6. The topological polar surface area (TPSA) is 60.0 Å². The predicted octanol–water partition coefficient (Wildman–Crippen LogP) is 4.41. The van der Waals surface area contributed by atoms with Gasteiger partial charge in [0.2, 0.25) is 0 Å². The van der Waals surface area contributed by atoms with Gasteiger partial charge in [-0.2, -0.15) is 0 Å². The van der Waals surface area contributed by atoms with E-state index in [-0.39, 0.29) is 18.1 Å². The predicted molar refractivity (Wildman–Crippen MR) is 131 cm³/mol. The van der Waals surface area contributed by atoms with E-state index in [1.54, 1.807) is 0 Å². The number of benzene rings is 3. The van der Waals surface area contributed by atoms with E-state index in [9.17, 15) is 4.79 Å². The molecule has 0 spiro atoms. The lowest BCUT2D eigenvalue weighted by atomic mass is 9.94. The molecule has 0 bridgehead atoms. The molecule has 0 aliphatic carbocycles. The first kappa shape index (κ1) is 22.3. The lowest BCUT2D eigenvalue weighted by molar-refractivity contribution is -0.143. The van der Waals surface area contributed by atoms with Gasteiger partial charge in [0, 0.05) is 26.6 Å². The van der Waals surface area contributed by atoms with Gasteiger partial charge in [-0.1, -0.05) is 42.5 Å². The van der Waals surface area contributed by atoms with E-state index < -0.39 is 0 Å². The summed E-state index contributed by atoms with van der Waals surface area (Å²) in [6.07, 6.45) is 1.46. The number of anilines is 1. The lowest BCUT2D eigenvalue weighted by Crippen LogP contribution is -2.42. The van der Waals surface area contributed by atoms with Crippen LogP contribution in [0.4, 0.5) is 5.69 Å². The van der Waals surface area contributed by atoms with Crippen molar-refractivity contribution in [3.8, 4) is 11.5 Å². The summed E-state index contributed by atoms with van der Waals surface area (Å²) in [6.45, 7) is 2.04. The van der Waals surface area contributed by atoms with Crippen molar-refractivity contribution in [2.24, 2.45) is 0 Å².